The first-order valence-electron chi connectivity index (χ1n) is 8.24. The zero-order chi connectivity index (χ0) is 19.4. The molecule has 0 aliphatic carbocycles. The molecule has 1 aromatic heterocycles. The number of halogens is 2. The van der Waals surface area contributed by atoms with Gasteiger partial charge in [0.2, 0.25) is 15.9 Å². The molecule has 11 heteroatoms. The third kappa shape index (κ3) is 5.16. The van der Waals surface area contributed by atoms with E-state index in [2.05, 4.69) is 19.9 Å². The van der Waals surface area contributed by atoms with Crippen molar-refractivity contribution in [2.24, 2.45) is 0 Å². The number of hydrogen-bond donors (Lipinski definition) is 2. The van der Waals surface area contributed by atoms with Gasteiger partial charge in [-0.3, -0.25) is 4.79 Å². The molecule has 0 atom stereocenters. The fourth-order valence-corrected chi connectivity index (χ4v) is 4.70. The maximum absolute atomic E-state index is 13.2. The topological polar surface area (TPSA) is 91.4 Å². The lowest BCUT2D eigenvalue weighted by atomic mass is 10.1. The molecule has 1 aromatic carbocycles. The van der Waals surface area contributed by atoms with Crippen LogP contribution in [0.3, 0.4) is 0 Å². The third-order valence-corrected chi connectivity index (χ3v) is 6.69. The third-order valence-electron chi connectivity index (χ3n) is 4.17. The van der Waals surface area contributed by atoms with E-state index in [0.717, 1.165) is 49.3 Å². The van der Waals surface area contributed by atoms with E-state index in [-0.39, 0.29) is 16.0 Å². The molecule has 1 saturated heterocycles. The van der Waals surface area contributed by atoms with Gasteiger partial charge in [0, 0.05) is 30.7 Å². The quantitative estimate of drug-likeness (QED) is 0.728. The minimum absolute atomic E-state index is 0.0153. The smallest absolute Gasteiger partial charge is 0.241 e. The predicted molar refractivity (Wildman–Crippen MR) is 102 cm³/mol. The van der Waals surface area contributed by atoms with Crippen molar-refractivity contribution in [2.45, 2.75) is 23.8 Å². The molecule has 1 amide bonds. The summed E-state index contributed by atoms with van der Waals surface area (Å²) >= 11 is 7.18. The molecule has 0 spiro atoms. The first kappa shape index (κ1) is 20.0. The van der Waals surface area contributed by atoms with E-state index in [1.54, 1.807) is 17.5 Å². The van der Waals surface area contributed by atoms with Gasteiger partial charge in [0.1, 0.15) is 5.82 Å². The van der Waals surface area contributed by atoms with Gasteiger partial charge >= 0.3 is 0 Å². The van der Waals surface area contributed by atoms with E-state index in [4.69, 9.17) is 11.6 Å². The molecule has 146 valence electrons. The van der Waals surface area contributed by atoms with E-state index in [1.165, 1.54) is 0 Å². The summed E-state index contributed by atoms with van der Waals surface area (Å²) in [7, 11) is -3.95. The first-order chi connectivity index (χ1) is 12.8. The van der Waals surface area contributed by atoms with Crippen LogP contribution in [0.2, 0.25) is 5.02 Å². The molecule has 1 aliphatic heterocycles. The fraction of sp³-hybridized carbons (Fsp3) is 0.375. The minimum Gasteiger partial charge on any atom is -0.352 e. The van der Waals surface area contributed by atoms with Crippen LogP contribution in [0, 0.1) is 5.82 Å². The van der Waals surface area contributed by atoms with Gasteiger partial charge < -0.3 is 10.2 Å². The number of hydrogen-bond acceptors (Lipinski definition) is 6. The Bertz CT molecular complexity index is 900. The minimum atomic E-state index is -3.95. The number of nitrogens with zero attached hydrogens (tertiary/aromatic N) is 2. The lowest BCUT2D eigenvalue weighted by Crippen LogP contribution is -2.47. The normalized spacial score (nSPS) is 15.7. The predicted octanol–water partition coefficient (Wildman–Crippen LogP) is 2.00. The van der Waals surface area contributed by atoms with Crippen LogP contribution in [-0.4, -0.2) is 45.0 Å². The van der Waals surface area contributed by atoms with Crippen molar-refractivity contribution >= 4 is 44.0 Å². The number of thiazole rings is 1. The highest BCUT2D eigenvalue weighted by Gasteiger charge is 2.23. The number of aromatic nitrogens is 1. The van der Waals surface area contributed by atoms with Crippen molar-refractivity contribution in [3.05, 3.63) is 40.6 Å². The number of nitrogens with one attached hydrogen (secondary N) is 2. The number of piperidine rings is 1. The molecule has 2 heterocycles. The van der Waals surface area contributed by atoms with Crippen molar-refractivity contribution < 1.29 is 17.6 Å². The summed E-state index contributed by atoms with van der Waals surface area (Å²) in [5.74, 6) is -1.13. The van der Waals surface area contributed by atoms with E-state index in [1.807, 2.05) is 5.38 Å². The summed E-state index contributed by atoms with van der Waals surface area (Å²) in [6.45, 7) is 1.15. The first-order valence-corrected chi connectivity index (χ1v) is 11.0. The zero-order valence-corrected chi connectivity index (χ0v) is 16.6. The lowest BCUT2D eigenvalue weighted by molar-refractivity contribution is -0.120. The van der Waals surface area contributed by atoms with Gasteiger partial charge in [-0.2, -0.15) is 0 Å². The van der Waals surface area contributed by atoms with Gasteiger partial charge in [0.25, 0.3) is 0 Å². The van der Waals surface area contributed by atoms with E-state index in [9.17, 15) is 17.6 Å². The Morgan fingerprint density at radius 3 is 2.74 bits per heavy atom. The van der Waals surface area contributed by atoms with Crippen molar-refractivity contribution in [1.82, 2.24) is 15.0 Å². The van der Waals surface area contributed by atoms with Crippen LogP contribution in [0.4, 0.5) is 9.52 Å². The highest BCUT2D eigenvalue weighted by Crippen LogP contribution is 2.22. The maximum Gasteiger partial charge on any atom is 0.241 e. The second-order valence-corrected chi connectivity index (χ2v) is 9.09. The Labute approximate surface area is 165 Å². The van der Waals surface area contributed by atoms with Crippen molar-refractivity contribution in [1.29, 1.82) is 0 Å². The number of anilines is 1. The summed E-state index contributed by atoms with van der Waals surface area (Å²) in [6, 6.07) is 3.05. The zero-order valence-electron chi connectivity index (χ0n) is 14.2. The van der Waals surface area contributed by atoms with Gasteiger partial charge in [-0.15, -0.1) is 11.3 Å². The van der Waals surface area contributed by atoms with Gasteiger partial charge in [0.05, 0.1) is 16.5 Å². The fourth-order valence-electron chi connectivity index (χ4n) is 2.75. The second-order valence-electron chi connectivity index (χ2n) is 6.04. The monoisotopic (exact) mass is 432 g/mol. The second kappa shape index (κ2) is 8.51. The Hall–Kier alpha value is -1.75. The van der Waals surface area contributed by atoms with Crippen LogP contribution in [-0.2, 0) is 14.8 Å². The molecule has 1 fully saturated rings. The molecule has 2 N–H and O–H groups in total. The highest BCUT2D eigenvalue weighted by atomic mass is 35.5. The van der Waals surface area contributed by atoms with Crippen LogP contribution in [0.1, 0.15) is 12.8 Å². The number of carbonyl (C=O) groups is 1. The molecule has 27 heavy (non-hydrogen) atoms. The summed E-state index contributed by atoms with van der Waals surface area (Å²) in [4.78, 5) is 18.3. The summed E-state index contributed by atoms with van der Waals surface area (Å²) in [5, 5.41) is 5.42. The summed E-state index contributed by atoms with van der Waals surface area (Å²) in [6.07, 6.45) is 3.27. The molecule has 0 radical (unpaired) electrons. The molecule has 1 aliphatic rings. The Morgan fingerprint density at radius 1 is 1.37 bits per heavy atom. The Kier molecular flexibility index (Phi) is 6.30. The highest BCUT2D eigenvalue weighted by molar-refractivity contribution is 7.89. The SMILES string of the molecule is O=C(CNS(=O)(=O)c1ccc(F)c(Cl)c1)NC1CCN(c2nccs2)CC1. The number of benzene rings is 1. The van der Waals surface area contributed by atoms with Crippen molar-refractivity contribution in [3.63, 3.8) is 0 Å². The molecule has 0 unspecified atom stereocenters. The molecule has 3 rings (SSSR count). The average molecular weight is 433 g/mol. The number of amides is 1. The Balaban J connectivity index is 1.47. The van der Waals surface area contributed by atoms with Gasteiger partial charge in [-0.25, -0.2) is 22.5 Å². The number of rotatable bonds is 6. The van der Waals surface area contributed by atoms with Crippen LogP contribution < -0.4 is 14.9 Å². The van der Waals surface area contributed by atoms with Crippen molar-refractivity contribution in [2.75, 3.05) is 24.5 Å². The van der Waals surface area contributed by atoms with Crippen LogP contribution in [0.15, 0.2) is 34.7 Å². The maximum atomic E-state index is 13.2. The van der Waals surface area contributed by atoms with E-state index >= 15 is 0 Å². The summed E-state index contributed by atoms with van der Waals surface area (Å²) < 4.78 is 39.7. The molecule has 7 nitrogen and oxygen atoms in total. The van der Waals surface area contributed by atoms with Crippen LogP contribution in [0.5, 0.6) is 0 Å². The molecule has 0 saturated carbocycles. The number of sulfonamides is 1. The molecular formula is C16H18ClFN4O3S2. The average Bonchev–Trinajstić information content (AvgIpc) is 3.18. The van der Waals surface area contributed by atoms with Crippen LogP contribution in [0.25, 0.3) is 0 Å². The number of carbonyl (C=O) groups excluding carboxylic acids is 1. The van der Waals surface area contributed by atoms with Gasteiger partial charge in [-0.05, 0) is 31.0 Å². The lowest BCUT2D eigenvalue weighted by Gasteiger charge is -2.32. The van der Waals surface area contributed by atoms with Crippen molar-refractivity contribution in [3.8, 4) is 0 Å². The van der Waals surface area contributed by atoms with Crippen LogP contribution >= 0.6 is 22.9 Å². The molecular weight excluding hydrogens is 415 g/mol. The molecule has 0 bridgehead atoms. The van der Waals surface area contributed by atoms with E-state index < -0.39 is 28.3 Å². The largest absolute Gasteiger partial charge is 0.352 e. The van der Waals surface area contributed by atoms with Gasteiger partial charge in [0.15, 0.2) is 5.13 Å². The standard InChI is InChI=1S/C16H18ClFN4O3S2/c17-13-9-12(1-2-14(13)18)27(24,25)20-10-15(23)21-11-3-6-22(7-4-11)16-19-5-8-26-16/h1-2,5,8-9,11,20H,3-4,6-7,10H2,(H,21,23). The van der Waals surface area contributed by atoms with E-state index in [0.29, 0.717) is 0 Å². The van der Waals surface area contributed by atoms with Gasteiger partial charge in [-0.1, -0.05) is 11.6 Å². The Morgan fingerprint density at radius 2 is 2.11 bits per heavy atom. The molecule has 2 aromatic rings. The summed E-state index contributed by atoms with van der Waals surface area (Å²) in [5.41, 5.74) is 0.